The van der Waals surface area contributed by atoms with Crippen LogP contribution < -0.4 is 43.8 Å². The van der Waals surface area contributed by atoms with E-state index in [0.717, 1.165) is 10.5 Å². The van der Waals surface area contributed by atoms with Gasteiger partial charge in [0.25, 0.3) is 0 Å². The molecule has 7 amide bonds. The Morgan fingerprint density at radius 1 is 0.892 bits per heavy atom. The molecule has 11 N–H and O–H groups in total. The molecule has 0 heterocycles. The lowest BCUT2D eigenvalue weighted by Gasteiger charge is -2.51. The van der Waals surface area contributed by atoms with E-state index in [1.54, 1.807) is 67.7 Å². The zero-order valence-corrected chi connectivity index (χ0v) is 41.1. The van der Waals surface area contributed by atoms with Gasteiger partial charge >= 0.3 is 6.03 Å². The van der Waals surface area contributed by atoms with Crippen molar-refractivity contribution in [3.05, 3.63) is 71.8 Å². The molecule has 2 aliphatic rings. The molecular weight excluding hydrogens is 851 g/mol. The number of allylic oxidation sites excluding steroid dienone is 2. The van der Waals surface area contributed by atoms with Crippen molar-refractivity contribution >= 4 is 45.4 Å². The highest BCUT2D eigenvalue weighted by Crippen LogP contribution is 2.51. The van der Waals surface area contributed by atoms with Gasteiger partial charge in [-0.3, -0.25) is 24.0 Å². The first-order chi connectivity index (χ1) is 30.0. The molecule has 0 saturated heterocycles. The molecule has 3 unspecified atom stereocenters. The second kappa shape index (κ2) is 21.5. The monoisotopic (exact) mass is 926 g/mol. The molecule has 0 aliphatic heterocycles. The van der Waals surface area contributed by atoms with Crippen LogP contribution in [0, 0.1) is 29.1 Å². The van der Waals surface area contributed by atoms with Crippen molar-refractivity contribution in [2.24, 2.45) is 46.3 Å². The second-order valence-electron chi connectivity index (χ2n) is 19.8. The van der Waals surface area contributed by atoms with Crippen LogP contribution in [-0.2, 0) is 39.2 Å². The number of carbonyl (C=O) groups excluding carboxylic acids is 6. The van der Waals surface area contributed by atoms with Gasteiger partial charge in [0.1, 0.15) is 12.1 Å². The summed E-state index contributed by atoms with van der Waals surface area (Å²) in [5, 5.41) is 14.1. The topological polar surface area (TPSA) is 278 Å². The van der Waals surface area contributed by atoms with Gasteiger partial charge in [0, 0.05) is 30.5 Å². The number of rotatable bonds is 22. The molecule has 1 saturated carbocycles. The summed E-state index contributed by atoms with van der Waals surface area (Å²) in [6.07, 6.45) is 8.80. The van der Waals surface area contributed by atoms with Crippen molar-refractivity contribution in [2.45, 2.75) is 134 Å². The minimum absolute atomic E-state index is 0.0485. The summed E-state index contributed by atoms with van der Waals surface area (Å²) in [5.41, 5.74) is 16.2. The Morgan fingerprint density at radius 2 is 1.49 bits per heavy atom. The number of benzene rings is 1. The molecular formula is C47H75N9O8S. The van der Waals surface area contributed by atoms with Gasteiger partial charge in [-0.2, -0.15) is 0 Å². The molecule has 1 aromatic carbocycles. The van der Waals surface area contributed by atoms with Crippen LogP contribution in [0.25, 0.3) is 0 Å². The third-order valence-corrected chi connectivity index (χ3v) is 16.0. The molecule has 18 heteroatoms. The summed E-state index contributed by atoms with van der Waals surface area (Å²) in [6.45, 7) is 17.1. The maximum Gasteiger partial charge on any atom is 0.312 e. The Kier molecular flexibility index (Phi) is 17.9. The van der Waals surface area contributed by atoms with Crippen LogP contribution in [0.3, 0.4) is 0 Å². The van der Waals surface area contributed by atoms with Crippen molar-refractivity contribution in [2.75, 3.05) is 20.6 Å². The lowest BCUT2D eigenvalue weighted by atomic mass is 9.76. The number of sulfone groups is 1. The van der Waals surface area contributed by atoms with E-state index in [0.29, 0.717) is 12.8 Å². The Labute approximate surface area is 385 Å². The van der Waals surface area contributed by atoms with Crippen molar-refractivity contribution in [1.82, 2.24) is 31.5 Å². The van der Waals surface area contributed by atoms with Crippen LogP contribution in [0.1, 0.15) is 100 Å². The first-order valence-electron chi connectivity index (χ1n) is 22.4. The number of nitrogens with zero attached hydrogens (tertiary/aromatic N) is 1. The average Bonchev–Trinajstić information content (AvgIpc) is 4.07. The standard InChI is InChI=1S/C47H75N9O8S/c1-28(2)35(48)40(59)53-34(22-18-26-52-43(50)62)39(58)55-46(25-17-16-21-33(46)31-23-24-31)65(63,64)47(29(3)4,27-30(5)38(49)57)56(12)42(61)37(44(6,7)8)54-41(60)36(51-11)45(9,10)32-19-14-13-15-20-32/h13-17,19-21,25,27-29,31,33-37,51H,18,22-24,26,48H2,1-12H3,(H2,49,57)(H,53,59)(H,54,60)(H,55,58)(H3,50,52,62)/t33?,34-,35-,36+,37+,46?,47?/m0/s1. The highest BCUT2D eigenvalue weighted by molar-refractivity contribution is 7.94. The van der Waals surface area contributed by atoms with E-state index >= 15 is 13.2 Å². The fourth-order valence-electron chi connectivity index (χ4n) is 8.66. The number of amides is 7. The second-order valence-corrected chi connectivity index (χ2v) is 22.1. The van der Waals surface area contributed by atoms with Crippen LogP contribution in [0.5, 0.6) is 0 Å². The smallest absolute Gasteiger partial charge is 0.312 e. The third-order valence-electron chi connectivity index (χ3n) is 12.9. The zero-order valence-electron chi connectivity index (χ0n) is 40.3. The van der Waals surface area contributed by atoms with E-state index < -0.39 is 102 Å². The van der Waals surface area contributed by atoms with E-state index in [1.165, 1.54) is 32.2 Å². The largest absolute Gasteiger partial charge is 0.366 e. The highest BCUT2D eigenvalue weighted by atomic mass is 32.2. The minimum atomic E-state index is -5.07. The molecule has 0 bridgehead atoms. The molecule has 2 aliphatic carbocycles. The number of primary amides is 2. The zero-order chi connectivity index (χ0) is 49.5. The van der Waals surface area contributed by atoms with Crippen LogP contribution >= 0.6 is 0 Å². The van der Waals surface area contributed by atoms with Crippen LogP contribution in [-0.4, -0.2) is 103 Å². The molecule has 0 spiro atoms. The van der Waals surface area contributed by atoms with E-state index in [-0.39, 0.29) is 36.8 Å². The Balaban J connectivity index is 2.32. The quantitative estimate of drug-likeness (QED) is 0.0622. The first-order valence-corrected chi connectivity index (χ1v) is 23.8. The van der Waals surface area contributed by atoms with Crippen molar-refractivity contribution in [3.63, 3.8) is 0 Å². The molecule has 17 nitrogen and oxygen atoms in total. The normalized spacial score (nSPS) is 20.8. The van der Waals surface area contributed by atoms with Crippen LogP contribution in [0.15, 0.2) is 66.3 Å². The van der Waals surface area contributed by atoms with Gasteiger partial charge in [0.2, 0.25) is 39.4 Å². The molecule has 3 rings (SSSR count). The van der Waals surface area contributed by atoms with E-state index in [2.05, 4.69) is 26.6 Å². The average molecular weight is 926 g/mol. The molecule has 7 atom stereocenters. The van der Waals surface area contributed by atoms with Crippen molar-refractivity contribution < 1.29 is 37.2 Å². The molecule has 1 aromatic rings. The van der Waals surface area contributed by atoms with E-state index in [4.69, 9.17) is 17.2 Å². The number of carbonyl (C=O) groups is 6. The Bertz CT molecular complexity index is 2110. The summed E-state index contributed by atoms with van der Waals surface area (Å²) in [7, 11) is -2.11. The predicted molar refractivity (Wildman–Crippen MR) is 253 cm³/mol. The summed E-state index contributed by atoms with van der Waals surface area (Å²) in [4.78, 5) is 78.9. The van der Waals surface area contributed by atoms with Gasteiger partial charge in [-0.25, -0.2) is 13.2 Å². The summed E-state index contributed by atoms with van der Waals surface area (Å²) in [5.74, 6) is -6.23. The fourth-order valence-corrected chi connectivity index (χ4v) is 11.7. The minimum Gasteiger partial charge on any atom is -0.366 e. The molecule has 0 radical (unpaired) electrons. The predicted octanol–water partition coefficient (Wildman–Crippen LogP) is 2.62. The number of nitrogens with one attached hydrogen (secondary N) is 5. The van der Waals surface area contributed by atoms with Crippen molar-refractivity contribution in [1.29, 1.82) is 0 Å². The van der Waals surface area contributed by atoms with Gasteiger partial charge < -0.3 is 48.7 Å². The molecule has 65 heavy (non-hydrogen) atoms. The number of likely N-dealkylation sites (N-methyl/N-ethyl adjacent to an activating group) is 2. The lowest BCUT2D eigenvalue weighted by molar-refractivity contribution is -0.142. The highest BCUT2D eigenvalue weighted by Gasteiger charge is 2.65. The molecule has 362 valence electrons. The van der Waals surface area contributed by atoms with Gasteiger partial charge in [0.15, 0.2) is 9.74 Å². The summed E-state index contributed by atoms with van der Waals surface area (Å²) in [6, 6.07) is 4.10. The number of nitrogens with two attached hydrogens (primary N) is 3. The van der Waals surface area contributed by atoms with Gasteiger partial charge in [-0.15, -0.1) is 0 Å². The van der Waals surface area contributed by atoms with Gasteiger partial charge in [-0.1, -0.05) is 111 Å². The molecule has 0 aromatic heterocycles. The lowest BCUT2D eigenvalue weighted by Crippen LogP contribution is -2.72. The maximum atomic E-state index is 16.5. The third kappa shape index (κ3) is 11.9. The molecule has 1 fully saturated rings. The summed E-state index contributed by atoms with van der Waals surface area (Å²) >= 11 is 0. The first kappa shape index (κ1) is 54.3. The van der Waals surface area contributed by atoms with Gasteiger partial charge in [-0.05, 0) is 80.5 Å². The van der Waals surface area contributed by atoms with Gasteiger partial charge in [0.05, 0.1) is 12.1 Å². The number of urea groups is 1. The Hall–Kier alpha value is -5.07. The van der Waals surface area contributed by atoms with Crippen LogP contribution in [0.4, 0.5) is 4.79 Å². The van der Waals surface area contributed by atoms with Crippen molar-refractivity contribution in [3.8, 4) is 0 Å². The summed E-state index contributed by atoms with van der Waals surface area (Å²) < 4.78 is 33.0. The van der Waals surface area contributed by atoms with E-state index in [1.807, 2.05) is 44.2 Å². The van der Waals surface area contributed by atoms with Crippen LogP contribution in [0.2, 0.25) is 0 Å². The Morgan fingerprint density at radius 3 is 1.98 bits per heavy atom. The SMILES string of the molecule is CN[C@H](C(=O)N[C@H](C(=O)N(C)C(C=C(C)C(N)=O)(C(C)C)S(=O)(=O)C1(NC(=O)[C@H](CCCNC(N)=O)NC(=O)[C@@H](N)C(C)C)C=CC=CC1C1CC1)C(C)(C)C)C(C)(C)c1ccccc1. The number of hydrogen-bond donors (Lipinski definition) is 8. The number of hydrogen-bond acceptors (Lipinski definition) is 10. The fraction of sp³-hybridized carbons (Fsp3) is 0.617. The maximum absolute atomic E-state index is 16.5. The van der Waals surface area contributed by atoms with E-state index in [9.17, 15) is 24.0 Å².